The normalized spacial score (nSPS) is 25.1. The first-order valence-electron chi connectivity index (χ1n) is 7.95. The monoisotopic (exact) mass is 299 g/mol. The van der Waals surface area contributed by atoms with Crippen molar-refractivity contribution in [1.29, 1.82) is 0 Å². The molecule has 2 saturated carbocycles. The zero-order valence-electron chi connectivity index (χ0n) is 12.5. The fourth-order valence-corrected chi connectivity index (χ4v) is 6.09. The maximum atomic E-state index is 13.1. The predicted octanol–water partition coefficient (Wildman–Crippen LogP) is 3.17. The zero-order valence-corrected chi connectivity index (χ0v) is 13.3. The second-order valence-electron chi connectivity index (χ2n) is 6.43. The van der Waals surface area contributed by atoms with E-state index in [0.29, 0.717) is 5.78 Å². The van der Waals surface area contributed by atoms with Crippen molar-refractivity contribution in [3.63, 3.8) is 0 Å². The van der Waals surface area contributed by atoms with Gasteiger partial charge in [0.15, 0.2) is 10.5 Å². The third kappa shape index (κ3) is 3.38. The molecule has 2 rings (SSSR count). The summed E-state index contributed by atoms with van der Waals surface area (Å²) in [5.74, 6) is 0.0464. The Morgan fingerprint density at radius 3 is 2.15 bits per heavy atom. The molecule has 1 unspecified atom stereocenters. The summed E-state index contributed by atoms with van der Waals surface area (Å²) < 4.78 is -0.307. The summed E-state index contributed by atoms with van der Waals surface area (Å²) in [7, 11) is -0.326. The van der Waals surface area contributed by atoms with Gasteiger partial charge in [-0.3, -0.25) is 4.79 Å². The minimum atomic E-state index is -0.753. The van der Waals surface area contributed by atoms with Crippen molar-refractivity contribution in [1.82, 2.24) is 0 Å². The molecule has 20 heavy (non-hydrogen) atoms. The van der Waals surface area contributed by atoms with E-state index in [1.807, 2.05) is 6.26 Å². The number of ketones is 1. The Bertz CT molecular complexity index is 355. The van der Waals surface area contributed by atoms with Gasteiger partial charge in [0.05, 0.1) is 6.26 Å². The van der Waals surface area contributed by atoms with E-state index in [0.717, 1.165) is 38.5 Å². The first-order chi connectivity index (χ1) is 9.56. The van der Waals surface area contributed by atoms with Crippen LogP contribution in [0.4, 0.5) is 0 Å². The van der Waals surface area contributed by atoms with E-state index in [2.05, 4.69) is 0 Å². The molecule has 0 aromatic carbocycles. The van der Waals surface area contributed by atoms with Crippen LogP contribution >= 0.6 is 0 Å². The van der Waals surface area contributed by atoms with Crippen LogP contribution in [0.2, 0.25) is 0 Å². The number of rotatable bonds is 5. The molecular weight excluding hydrogens is 272 g/mol. The Labute approximate surface area is 124 Å². The first-order valence-corrected chi connectivity index (χ1v) is 9.75. The molecule has 1 atom stereocenters. The maximum absolute atomic E-state index is 13.1. The molecule has 0 aliphatic heterocycles. The Balaban J connectivity index is 2.16. The molecule has 1 N–H and O–H groups in total. The first kappa shape index (κ1) is 15.9. The lowest BCUT2D eigenvalue weighted by Gasteiger charge is -2.36. The number of carbonyl (C=O) groups is 2. The van der Waals surface area contributed by atoms with Gasteiger partial charge in [0.1, 0.15) is 0 Å². The number of carboxylic acids is 1. The van der Waals surface area contributed by atoms with E-state index in [1.165, 1.54) is 25.7 Å². The molecule has 114 valence electrons. The number of Topliss-reactive ketones (excluding diaryl/α,β-unsaturated/α-hetero) is 1. The van der Waals surface area contributed by atoms with Crippen LogP contribution in [0.3, 0.4) is 0 Å². The smallest absolute Gasteiger partial charge is 0.353 e. The van der Waals surface area contributed by atoms with Crippen LogP contribution in [-0.2, 0) is 20.5 Å². The Hall–Kier alpha value is -0.510. The van der Waals surface area contributed by atoms with Gasteiger partial charge in [-0.1, -0.05) is 25.7 Å². The number of carboxylic acid groups (broad SMARTS) is 1. The van der Waals surface area contributed by atoms with Gasteiger partial charge in [0, 0.05) is 29.7 Å². The molecule has 0 aromatic rings. The fraction of sp³-hybridized carbons (Fsp3) is 0.875. The minimum absolute atomic E-state index is 0.165. The average molecular weight is 299 g/mol. The fourth-order valence-electron chi connectivity index (χ4n) is 3.95. The van der Waals surface area contributed by atoms with E-state index < -0.39 is 5.97 Å². The van der Waals surface area contributed by atoms with Gasteiger partial charge in [-0.2, -0.15) is 0 Å². The van der Waals surface area contributed by atoms with E-state index >= 15 is 0 Å². The summed E-state index contributed by atoms with van der Waals surface area (Å²) in [4.78, 5) is 24.2. The quantitative estimate of drug-likeness (QED) is 0.793. The maximum Gasteiger partial charge on any atom is 0.353 e. The van der Waals surface area contributed by atoms with Crippen LogP contribution in [0.5, 0.6) is 0 Å². The molecule has 2 aliphatic rings. The highest BCUT2D eigenvalue weighted by molar-refractivity contribution is 7.98. The van der Waals surface area contributed by atoms with Crippen molar-refractivity contribution in [2.45, 2.75) is 69.0 Å². The highest BCUT2D eigenvalue weighted by Gasteiger charge is 2.54. The SMILES string of the molecule is C[S+](CC(=O)O)C1(C(=O)C2CCCCC2)CCCCC1. The Morgan fingerprint density at radius 1 is 1.05 bits per heavy atom. The van der Waals surface area contributed by atoms with Crippen LogP contribution in [0.15, 0.2) is 0 Å². The van der Waals surface area contributed by atoms with E-state index in [1.54, 1.807) is 0 Å². The van der Waals surface area contributed by atoms with Crippen LogP contribution in [-0.4, -0.2) is 33.6 Å². The van der Waals surface area contributed by atoms with Crippen molar-refractivity contribution in [3.8, 4) is 0 Å². The lowest BCUT2D eigenvalue weighted by atomic mass is 9.76. The van der Waals surface area contributed by atoms with Gasteiger partial charge in [0.2, 0.25) is 5.75 Å². The Morgan fingerprint density at radius 2 is 1.60 bits per heavy atom. The molecule has 0 bridgehead atoms. The molecule has 4 heteroatoms. The summed E-state index contributed by atoms with van der Waals surface area (Å²) >= 11 is 0. The third-order valence-corrected chi connectivity index (χ3v) is 7.72. The predicted molar refractivity (Wildman–Crippen MR) is 83.2 cm³/mol. The van der Waals surface area contributed by atoms with Crippen molar-refractivity contribution in [3.05, 3.63) is 0 Å². The molecule has 0 heterocycles. The summed E-state index contributed by atoms with van der Waals surface area (Å²) in [6.45, 7) is 0. The van der Waals surface area contributed by atoms with Crippen molar-refractivity contribution < 1.29 is 14.7 Å². The van der Waals surface area contributed by atoms with Crippen molar-refractivity contribution >= 4 is 22.6 Å². The molecular formula is C16H27O3S+. The standard InChI is InChI=1S/C16H26O3S/c1-20(12-14(17)18)16(10-6-3-7-11-16)15(19)13-8-4-2-5-9-13/h13H,2-12H2,1H3/p+1. The van der Waals surface area contributed by atoms with E-state index in [9.17, 15) is 9.59 Å². The van der Waals surface area contributed by atoms with Gasteiger partial charge in [0.25, 0.3) is 0 Å². The molecule has 2 fully saturated rings. The number of aliphatic carboxylic acids is 1. The van der Waals surface area contributed by atoms with Gasteiger partial charge < -0.3 is 5.11 Å². The lowest BCUT2D eigenvalue weighted by molar-refractivity contribution is -0.133. The molecule has 0 saturated heterocycles. The lowest BCUT2D eigenvalue weighted by Crippen LogP contribution is -2.52. The van der Waals surface area contributed by atoms with Gasteiger partial charge in [-0.15, -0.1) is 0 Å². The number of carbonyl (C=O) groups excluding carboxylic acids is 1. The van der Waals surface area contributed by atoms with Gasteiger partial charge in [-0.25, -0.2) is 4.79 Å². The second kappa shape index (κ2) is 6.97. The summed E-state index contributed by atoms with van der Waals surface area (Å²) in [5, 5.41) is 9.12. The Kier molecular flexibility index (Phi) is 5.53. The van der Waals surface area contributed by atoms with E-state index in [4.69, 9.17) is 5.11 Å². The van der Waals surface area contributed by atoms with Crippen LogP contribution in [0.25, 0.3) is 0 Å². The summed E-state index contributed by atoms with van der Waals surface area (Å²) in [5.41, 5.74) is 0. The van der Waals surface area contributed by atoms with Crippen LogP contribution < -0.4 is 0 Å². The van der Waals surface area contributed by atoms with Crippen molar-refractivity contribution in [2.24, 2.45) is 5.92 Å². The molecule has 3 nitrogen and oxygen atoms in total. The molecule has 0 spiro atoms. The second-order valence-corrected chi connectivity index (χ2v) is 8.77. The minimum Gasteiger partial charge on any atom is -0.478 e. The highest BCUT2D eigenvalue weighted by Crippen LogP contribution is 2.41. The molecule has 0 radical (unpaired) electrons. The van der Waals surface area contributed by atoms with Crippen molar-refractivity contribution in [2.75, 3.05) is 12.0 Å². The third-order valence-electron chi connectivity index (χ3n) is 5.09. The topological polar surface area (TPSA) is 54.4 Å². The van der Waals surface area contributed by atoms with Gasteiger partial charge >= 0.3 is 5.97 Å². The zero-order chi connectivity index (χ0) is 14.6. The van der Waals surface area contributed by atoms with Crippen LogP contribution in [0.1, 0.15) is 64.2 Å². The number of hydrogen-bond donors (Lipinski definition) is 1. The largest absolute Gasteiger partial charge is 0.478 e. The molecule has 0 amide bonds. The molecule has 0 aromatic heterocycles. The van der Waals surface area contributed by atoms with Crippen LogP contribution in [0, 0.1) is 5.92 Å². The molecule has 2 aliphatic carbocycles. The average Bonchev–Trinajstić information content (AvgIpc) is 2.47. The number of hydrogen-bond acceptors (Lipinski definition) is 2. The highest BCUT2D eigenvalue weighted by atomic mass is 32.2. The summed E-state index contributed by atoms with van der Waals surface area (Å²) in [6, 6.07) is 0. The van der Waals surface area contributed by atoms with Gasteiger partial charge in [-0.05, 0) is 25.7 Å². The summed E-state index contributed by atoms with van der Waals surface area (Å²) in [6.07, 6.45) is 12.9. The van der Waals surface area contributed by atoms with E-state index in [-0.39, 0.29) is 27.3 Å².